The summed E-state index contributed by atoms with van der Waals surface area (Å²) in [6.07, 6.45) is -6.18. The third-order valence-electron chi connectivity index (χ3n) is 2.04. The van der Waals surface area contributed by atoms with E-state index in [2.05, 4.69) is 9.13 Å². The number of isocyanates is 1. The van der Waals surface area contributed by atoms with Crippen molar-refractivity contribution in [1.29, 1.82) is 0 Å². The molecule has 1 N–H and O–H groups in total. The summed E-state index contributed by atoms with van der Waals surface area (Å²) < 4.78 is 68.5. The molecule has 1 heterocycles. The van der Waals surface area contributed by atoms with Crippen LogP contribution < -0.4 is 0 Å². The Kier molecular flexibility index (Phi) is 5.05. The van der Waals surface area contributed by atoms with Gasteiger partial charge in [-0.3, -0.25) is 0 Å². The molecule has 1 atom stereocenters. The zero-order valence-corrected chi connectivity index (χ0v) is 11.5. The van der Waals surface area contributed by atoms with E-state index in [4.69, 9.17) is 0 Å². The molecule has 0 bridgehead atoms. The molecule has 0 aliphatic carbocycles. The first kappa shape index (κ1) is 16.8. The van der Waals surface area contributed by atoms with Crippen LogP contribution in [-0.2, 0) is 25.7 Å². The molecule has 0 aliphatic heterocycles. The van der Waals surface area contributed by atoms with Crippen LogP contribution in [0.2, 0.25) is 0 Å². The maximum Gasteiger partial charge on any atom is 0.418 e. The number of carbonyl (C=O) groups excluding carboxylic acids is 1. The van der Waals surface area contributed by atoms with Gasteiger partial charge in [-0.2, -0.15) is 21.6 Å². The van der Waals surface area contributed by atoms with Gasteiger partial charge < -0.3 is 9.84 Å². The second kappa shape index (κ2) is 6.02. The molecule has 0 aromatic carbocycles. The van der Waals surface area contributed by atoms with Gasteiger partial charge >= 0.3 is 6.18 Å². The van der Waals surface area contributed by atoms with Crippen molar-refractivity contribution in [2.45, 2.75) is 24.3 Å². The minimum absolute atomic E-state index is 0.0587. The molecule has 20 heavy (non-hydrogen) atoms. The average Bonchev–Trinajstić information content (AvgIpc) is 2.73. The average molecular weight is 331 g/mol. The van der Waals surface area contributed by atoms with Gasteiger partial charge in [0.25, 0.3) is 16.1 Å². The first-order valence-electron chi connectivity index (χ1n) is 4.97. The van der Waals surface area contributed by atoms with Crippen molar-refractivity contribution in [3.8, 4) is 0 Å². The van der Waals surface area contributed by atoms with Crippen molar-refractivity contribution in [3.05, 3.63) is 15.8 Å². The zero-order valence-electron chi connectivity index (χ0n) is 9.84. The summed E-state index contributed by atoms with van der Waals surface area (Å²) in [5.74, 6) is 0. The van der Waals surface area contributed by atoms with Crippen molar-refractivity contribution in [3.63, 3.8) is 0 Å². The molecule has 0 amide bonds. The number of aliphatic hydroxyl groups is 1. The molecule has 0 fully saturated rings. The summed E-state index contributed by atoms with van der Waals surface area (Å²) in [5, 5.41) is 10.0. The number of hydrogen-bond acceptors (Lipinski definition) is 6. The van der Waals surface area contributed by atoms with E-state index < -0.39 is 37.8 Å². The monoisotopic (exact) mass is 331 g/mol. The SMILES string of the molecule is CCOC(O)c1scc(C(F)(F)F)c1S(=O)(=O)N=C=O. The molecular weight excluding hydrogens is 323 g/mol. The first-order chi connectivity index (χ1) is 9.15. The van der Waals surface area contributed by atoms with E-state index in [1.165, 1.54) is 6.92 Å². The van der Waals surface area contributed by atoms with Crippen LogP contribution >= 0.6 is 11.3 Å². The number of sulfonamides is 1. The fourth-order valence-electron chi connectivity index (χ4n) is 1.32. The Morgan fingerprint density at radius 2 is 2.15 bits per heavy atom. The lowest BCUT2D eigenvalue weighted by Crippen LogP contribution is -2.13. The van der Waals surface area contributed by atoms with E-state index in [1.807, 2.05) is 0 Å². The number of thiophene rings is 1. The molecular formula is C9H8F3NO5S2. The Bertz CT molecular complexity index is 630. The first-order valence-corrected chi connectivity index (χ1v) is 7.29. The van der Waals surface area contributed by atoms with Gasteiger partial charge in [0.15, 0.2) is 6.29 Å². The molecule has 1 aromatic heterocycles. The lowest BCUT2D eigenvalue weighted by Gasteiger charge is -2.12. The van der Waals surface area contributed by atoms with Gasteiger partial charge in [0.2, 0.25) is 0 Å². The number of halogens is 3. The molecule has 1 unspecified atom stereocenters. The van der Waals surface area contributed by atoms with Crippen molar-refractivity contribution in [1.82, 2.24) is 0 Å². The van der Waals surface area contributed by atoms with Gasteiger partial charge in [-0.1, -0.05) is 4.40 Å². The van der Waals surface area contributed by atoms with E-state index in [0.717, 1.165) is 0 Å². The summed E-state index contributed by atoms with van der Waals surface area (Å²) in [7, 11) is -4.92. The lowest BCUT2D eigenvalue weighted by atomic mass is 10.3. The molecule has 1 rings (SSSR count). The third kappa shape index (κ3) is 3.44. The van der Waals surface area contributed by atoms with Gasteiger partial charge in [0.05, 0.1) is 10.4 Å². The van der Waals surface area contributed by atoms with Gasteiger partial charge in [-0.15, -0.1) is 11.3 Å². The van der Waals surface area contributed by atoms with Crippen LogP contribution in [0.5, 0.6) is 0 Å². The number of nitrogens with zero attached hydrogens (tertiary/aromatic N) is 1. The second-order valence-electron chi connectivity index (χ2n) is 3.31. The number of hydrogen-bond donors (Lipinski definition) is 1. The highest BCUT2D eigenvalue weighted by atomic mass is 32.2. The fraction of sp³-hybridized carbons (Fsp3) is 0.444. The predicted molar refractivity (Wildman–Crippen MR) is 61.2 cm³/mol. The molecule has 0 spiro atoms. The van der Waals surface area contributed by atoms with Crippen LogP contribution in [-0.4, -0.2) is 26.2 Å². The maximum atomic E-state index is 12.8. The number of ether oxygens (including phenoxy) is 1. The normalized spacial score (nSPS) is 13.8. The smallest absolute Gasteiger partial charge is 0.364 e. The topological polar surface area (TPSA) is 93.0 Å². The minimum atomic E-state index is -4.98. The van der Waals surface area contributed by atoms with E-state index >= 15 is 0 Å². The lowest BCUT2D eigenvalue weighted by molar-refractivity contribution is -0.140. The molecule has 6 nitrogen and oxygen atoms in total. The molecule has 0 saturated heterocycles. The van der Waals surface area contributed by atoms with Crippen molar-refractivity contribution in [2.75, 3.05) is 6.61 Å². The van der Waals surface area contributed by atoms with Crippen LogP contribution in [0.1, 0.15) is 23.7 Å². The van der Waals surface area contributed by atoms with Crippen molar-refractivity contribution >= 4 is 27.4 Å². The quantitative estimate of drug-likeness (QED) is 0.505. The van der Waals surface area contributed by atoms with Gasteiger partial charge in [0, 0.05) is 12.0 Å². The Hall–Kier alpha value is -1.26. The highest BCUT2D eigenvalue weighted by Crippen LogP contribution is 2.42. The van der Waals surface area contributed by atoms with E-state index in [9.17, 15) is 31.5 Å². The number of alkyl halides is 3. The molecule has 1 aromatic rings. The predicted octanol–water partition coefficient (Wildman–Crippen LogP) is 1.82. The van der Waals surface area contributed by atoms with E-state index in [-0.39, 0.29) is 6.61 Å². The third-order valence-corrected chi connectivity index (χ3v) is 4.45. The summed E-state index contributed by atoms with van der Waals surface area (Å²) in [6.45, 7) is 1.40. The zero-order chi connectivity index (χ0) is 15.6. The standard InChI is InChI=1S/C9H8F3NO5S2/c1-2-18-8(15)6-7(20(16,17)13-4-14)5(3-19-6)9(10,11)12/h3,8,15H,2H2,1H3. The summed E-state index contributed by atoms with van der Waals surface area (Å²) >= 11 is 0.340. The van der Waals surface area contributed by atoms with E-state index in [1.54, 1.807) is 0 Å². The van der Waals surface area contributed by atoms with Crippen LogP contribution in [0.15, 0.2) is 14.7 Å². The maximum absolute atomic E-state index is 12.8. The van der Waals surface area contributed by atoms with E-state index in [0.29, 0.717) is 22.8 Å². The highest BCUT2D eigenvalue weighted by Gasteiger charge is 2.41. The largest absolute Gasteiger partial charge is 0.418 e. The molecule has 0 radical (unpaired) electrons. The molecule has 0 aliphatic rings. The van der Waals surface area contributed by atoms with Crippen LogP contribution in [0.3, 0.4) is 0 Å². The highest BCUT2D eigenvalue weighted by molar-refractivity contribution is 7.90. The summed E-state index contributed by atoms with van der Waals surface area (Å²) in [4.78, 5) is 8.15. The van der Waals surface area contributed by atoms with Crippen LogP contribution in [0, 0.1) is 0 Å². The molecule has 11 heteroatoms. The fourth-order valence-corrected chi connectivity index (χ4v) is 3.75. The van der Waals surface area contributed by atoms with Crippen molar-refractivity contribution in [2.24, 2.45) is 4.40 Å². The minimum Gasteiger partial charge on any atom is -0.364 e. The Labute approximate surface area is 115 Å². The Morgan fingerprint density at radius 1 is 1.55 bits per heavy atom. The van der Waals surface area contributed by atoms with Gasteiger partial charge in [-0.05, 0) is 6.92 Å². The Morgan fingerprint density at radius 3 is 2.60 bits per heavy atom. The van der Waals surface area contributed by atoms with Crippen LogP contribution in [0.25, 0.3) is 0 Å². The number of aliphatic hydroxyl groups excluding tert-OH is 1. The number of rotatable bonds is 5. The summed E-state index contributed by atoms with van der Waals surface area (Å²) in [5.41, 5.74) is -1.52. The Balaban J connectivity index is 3.58. The molecule has 112 valence electrons. The van der Waals surface area contributed by atoms with Crippen molar-refractivity contribution < 1.29 is 36.2 Å². The van der Waals surface area contributed by atoms with Gasteiger partial charge in [0.1, 0.15) is 4.90 Å². The second-order valence-corrected chi connectivity index (χ2v) is 5.76. The van der Waals surface area contributed by atoms with Gasteiger partial charge in [-0.25, -0.2) is 4.79 Å². The molecule has 0 saturated carbocycles. The van der Waals surface area contributed by atoms with Crippen LogP contribution in [0.4, 0.5) is 13.2 Å². The summed E-state index contributed by atoms with van der Waals surface area (Å²) in [6, 6.07) is 0.